The van der Waals surface area contributed by atoms with Gasteiger partial charge in [0.1, 0.15) is 5.75 Å². The quantitative estimate of drug-likeness (QED) is 0.714. The van der Waals surface area contributed by atoms with Gasteiger partial charge in [0.15, 0.2) is 0 Å². The van der Waals surface area contributed by atoms with Crippen LogP contribution in [0.1, 0.15) is 46.0 Å². The molecule has 2 aromatic carbocycles. The molecule has 0 atom stereocenters. The van der Waals surface area contributed by atoms with E-state index in [0.29, 0.717) is 18.0 Å². The molecule has 2 amide bonds. The van der Waals surface area contributed by atoms with Gasteiger partial charge < -0.3 is 15.7 Å². The Kier molecular flexibility index (Phi) is 5.95. The van der Waals surface area contributed by atoms with E-state index in [1.807, 2.05) is 12.1 Å². The molecule has 0 aromatic heterocycles. The molecule has 5 nitrogen and oxygen atoms in total. The zero-order valence-electron chi connectivity index (χ0n) is 13.9. The second-order valence-corrected chi connectivity index (χ2v) is 5.81. The molecule has 0 saturated heterocycles. The summed E-state index contributed by atoms with van der Waals surface area (Å²) in [6.07, 6.45) is 0. The summed E-state index contributed by atoms with van der Waals surface area (Å²) < 4.78 is 0. The van der Waals surface area contributed by atoms with Gasteiger partial charge >= 0.3 is 0 Å². The van der Waals surface area contributed by atoms with E-state index in [9.17, 15) is 14.7 Å². The summed E-state index contributed by atoms with van der Waals surface area (Å²) in [6, 6.07) is 13.8. The number of nitrogens with one attached hydrogen (secondary N) is 2. The van der Waals surface area contributed by atoms with Crippen LogP contribution in [0.2, 0.25) is 0 Å². The van der Waals surface area contributed by atoms with Crippen molar-refractivity contribution in [3.05, 3.63) is 65.2 Å². The van der Waals surface area contributed by atoms with E-state index in [1.54, 1.807) is 30.3 Å². The number of amides is 2. The van der Waals surface area contributed by atoms with Crippen molar-refractivity contribution in [2.75, 3.05) is 13.1 Å². The zero-order valence-corrected chi connectivity index (χ0v) is 13.9. The number of carbonyl (C=O) groups excluding carboxylic acids is 2. The highest BCUT2D eigenvalue weighted by molar-refractivity contribution is 5.97. The monoisotopic (exact) mass is 326 g/mol. The van der Waals surface area contributed by atoms with E-state index in [2.05, 4.69) is 24.5 Å². The van der Waals surface area contributed by atoms with E-state index in [0.717, 1.165) is 0 Å². The Hall–Kier alpha value is -2.82. The molecule has 0 aliphatic rings. The van der Waals surface area contributed by atoms with Crippen LogP contribution in [0.4, 0.5) is 0 Å². The van der Waals surface area contributed by atoms with Gasteiger partial charge in [-0.25, -0.2) is 0 Å². The molecule has 0 spiro atoms. The Balaban J connectivity index is 1.78. The Bertz CT molecular complexity index is 709. The third kappa shape index (κ3) is 4.59. The van der Waals surface area contributed by atoms with Crippen molar-refractivity contribution in [1.29, 1.82) is 0 Å². The molecular formula is C19H22N2O3. The molecule has 0 unspecified atom stereocenters. The molecular weight excluding hydrogens is 304 g/mol. The summed E-state index contributed by atoms with van der Waals surface area (Å²) in [5, 5.41) is 15.0. The lowest BCUT2D eigenvalue weighted by Gasteiger charge is -2.09. The van der Waals surface area contributed by atoms with Crippen LogP contribution in [0.25, 0.3) is 0 Å². The van der Waals surface area contributed by atoms with Crippen molar-refractivity contribution in [3.8, 4) is 5.75 Å². The van der Waals surface area contributed by atoms with Crippen molar-refractivity contribution in [1.82, 2.24) is 10.6 Å². The number of phenols is 1. The summed E-state index contributed by atoms with van der Waals surface area (Å²) in [6.45, 7) is 4.79. The predicted molar refractivity (Wildman–Crippen MR) is 93.3 cm³/mol. The van der Waals surface area contributed by atoms with Gasteiger partial charge in [-0.3, -0.25) is 9.59 Å². The van der Waals surface area contributed by atoms with Crippen molar-refractivity contribution in [2.24, 2.45) is 0 Å². The van der Waals surface area contributed by atoms with Gasteiger partial charge in [-0.2, -0.15) is 0 Å². The number of carbonyl (C=O) groups is 2. The summed E-state index contributed by atoms with van der Waals surface area (Å²) in [5.74, 6) is -0.193. The third-order valence-corrected chi connectivity index (χ3v) is 3.68. The topological polar surface area (TPSA) is 78.4 Å². The van der Waals surface area contributed by atoms with Gasteiger partial charge in [-0.05, 0) is 35.7 Å². The lowest BCUT2D eigenvalue weighted by Crippen LogP contribution is -2.34. The number of hydrogen-bond acceptors (Lipinski definition) is 3. The average molecular weight is 326 g/mol. The molecule has 0 bridgehead atoms. The highest BCUT2D eigenvalue weighted by atomic mass is 16.3. The van der Waals surface area contributed by atoms with E-state index in [4.69, 9.17) is 0 Å². The lowest BCUT2D eigenvalue weighted by atomic mass is 10.0. The fourth-order valence-electron chi connectivity index (χ4n) is 2.23. The molecule has 0 saturated carbocycles. The number of para-hydroxylation sites is 1. The van der Waals surface area contributed by atoms with E-state index < -0.39 is 0 Å². The minimum absolute atomic E-state index is 0.0655. The SMILES string of the molecule is CC(C)c1ccc(C(=O)NCCNC(=O)c2ccccc2O)cc1. The molecule has 0 aliphatic heterocycles. The summed E-state index contributed by atoms with van der Waals surface area (Å²) in [5.41, 5.74) is 1.99. The van der Waals surface area contributed by atoms with Crippen molar-refractivity contribution in [2.45, 2.75) is 19.8 Å². The van der Waals surface area contributed by atoms with Gasteiger partial charge in [0.25, 0.3) is 11.8 Å². The van der Waals surface area contributed by atoms with E-state index >= 15 is 0 Å². The second kappa shape index (κ2) is 8.15. The fraction of sp³-hybridized carbons (Fsp3) is 0.263. The predicted octanol–water partition coefficient (Wildman–Crippen LogP) is 2.68. The third-order valence-electron chi connectivity index (χ3n) is 3.68. The Labute approximate surface area is 141 Å². The van der Waals surface area contributed by atoms with Gasteiger partial charge in [0, 0.05) is 18.7 Å². The maximum atomic E-state index is 12.0. The van der Waals surface area contributed by atoms with Crippen LogP contribution in [0.3, 0.4) is 0 Å². The highest BCUT2D eigenvalue weighted by Gasteiger charge is 2.10. The van der Waals surface area contributed by atoms with Gasteiger partial charge in [-0.1, -0.05) is 38.1 Å². The number of benzene rings is 2. The minimum Gasteiger partial charge on any atom is -0.507 e. The zero-order chi connectivity index (χ0) is 17.5. The summed E-state index contributed by atoms with van der Waals surface area (Å²) in [4.78, 5) is 23.9. The summed E-state index contributed by atoms with van der Waals surface area (Å²) >= 11 is 0. The maximum Gasteiger partial charge on any atom is 0.255 e. The molecule has 2 rings (SSSR count). The van der Waals surface area contributed by atoms with E-state index in [1.165, 1.54) is 11.6 Å². The Morgan fingerprint density at radius 1 is 0.917 bits per heavy atom. The van der Waals surface area contributed by atoms with Crippen LogP contribution < -0.4 is 10.6 Å². The molecule has 5 heteroatoms. The lowest BCUT2D eigenvalue weighted by molar-refractivity contribution is 0.0926. The van der Waals surface area contributed by atoms with Gasteiger partial charge in [0.05, 0.1) is 5.56 Å². The average Bonchev–Trinajstić information content (AvgIpc) is 2.58. The van der Waals surface area contributed by atoms with Crippen molar-refractivity contribution >= 4 is 11.8 Å². The minimum atomic E-state index is -0.372. The number of aromatic hydroxyl groups is 1. The molecule has 0 aliphatic carbocycles. The molecule has 126 valence electrons. The molecule has 3 N–H and O–H groups in total. The highest BCUT2D eigenvalue weighted by Crippen LogP contribution is 2.15. The van der Waals surface area contributed by atoms with Crippen molar-refractivity contribution in [3.63, 3.8) is 0 Å². The maximum absolute atomic E-state index is 12.0. The van der Waals surface area contributed by atoms with Crippen LogP contribution in [-0.2, 0) is 0 Å². The van der Waals surface area contributed by atoms with E-state index in [-0.39, 0.29) is 29.7 Å². The number of hydrogen-bond donors (Lipinski definition) is 3. The molecule has 0 fully saturated rings. The number of phenolic OH excluding ortho intramolecular Hbond substituents is 1. The van der Waals surface area contributed by atoms with Crippen molar-refractivity contribution < 1.29 is 14.7 Å². The molecule has 2 aromatic rings. The Morgan fingerprint density at radius 3 is 2.08 bits per heavy atom. The van der Waals surface area contributed by atoms with Gasteiger partial charge in [-0.15, -0.1) is 0 Å². The largest absolute Gasteiger partial charge is 0.507 e. The molecule has 0 heterocycles. The van der Waals surface area contributed by atoms with Crippen LogP contribution in [0.15, 0.2) is 48.5 Å². The molecule has 0 radical (unpaired) electrons. The molecule has 24 heavy (non-hydrogen) atoms. The van der Waals surface area contributed by atoms with Crippen LogP contribution >= 0.6 is 0 Å². The Morgan fingerprint density at radius 2 is 1.50 bits per heavy atom. The van der Waals surface area contributed by atoms with Crippen LogP contribution in [-0.4, -0.2) is 30.0 Å². The van der Waals surface area contributed by atoms with Crippen LogP contribution in [0, 0.1) is 0 Å². The summed E-state index contributed by atoms with van der Waals surface area (Å²) in [7, 11) is 0. The normalized spacial score (nSPS) is 10.5. The van der Waals surface area contributed by atoms with Crippen LogP contribution in [0.5, 0.6) is 5.75 Å². The van der Waals surface area contributed by atoms with Gasteiger partial charge in [0.2, 0.25) is 0 Å². The first-order valence-corrected chi connectivity index (χ1v) is 7.93. The second-order valence-electron chi connectivity index (χ2n) is 5.81. The first kappa shape index (κ1) is 17.5. The first-order chi connectivity index (χ1) is 11.5. The smallest absolute Gasteiger partial charge is 0.255 e. The standard InChI is InChI=1S/C19H22N2O3/c1-13(2)14-7-9-15(10-8-14)18(23)20-11-12-21-19(24)16-5-3-4-6-17(16)22/h3-10,13,22H,11-12H2,1-2H3,(H,20,23)(H,21,24). The fourth-order valence-corrected chi connectivity index (χ4v) is 2.23. The first-order valence-electron chi connectivity index (χ1n) is 7.93. The number of rotatable bonds is 6.